The Bertz CT molecular complexity index is 537. The standard InChI is InChI=1S/C14H18N4/c1-2-3-10-4-8-12(9-5-10)18-13(11-6-7-11)14(15)16-17-18/h4-5,8-9,11H,2-3,6-7,15H2,1H3. The normalized spacial score (nSPS) is 14.9. The number of nitrogens with zero attached hydrogens (tertiary/aromatic N) is 3. The summed E-state index contributed by atoms with van der Waals surface area (Å²) in [5.41, 5.74) is 9.40. The molecule has 1 fully saturated rings. The number of anilines is 1. The Hall–Kier alpha value is -1.84. The van der Waals surface area contributed by atoms with E-state index in [0.29, 0.717) is 11.7 Å². The molecule has 2 N–H and O–H groups in total. The van der Waals surface area contributed by atoms with Crippen LogP contribution in [-0.2, 0) is 6.42 Å². The van der Waals surface area contributed by atoms with Gasteiger partial charge in [0.15, 0.2) is 5.82 Å². The van der Waals surface area contributed by atoms with Crippen LogP contribution in [0.5, 0.6) is 0 Å². The molecular formula is C14H18N4. The van der Waals surface area contributed by atoms with E-state index in [1.165, 1.54) is 24.8 Å². The molecule has 4 nitrogen and oxygen atoms in total. The van der Waals surface area contributed by atoms with Crippen LogP contribution < -0.4 is 5.73 Å². The van der Waals surface area contributed by atoms with Crippen LogP contribution in [0, 0.1) is 0 Å². The summed E-state index contributed by atoms with van der Waals surface area (Å²) in [6, 6.07) is 8.52. The SMILES string of the molecule is CCCc1ccc(-n2nnc(N)c2C2CC2)cc1. The van der Waals surface area contributed by atoms with E-state index in [0.717, 1.165) is 17.8 Å². The lowest BCUT2D eigenvalue weighted by Gasteiger charge is -2.06. The van der Waals surface area contributed by atoms with Gasteiger partial charge in [-0.05, 0) is 37.0 Å². The fourth-order valence-corrected chi connectivity index (χ4v) is 2.32. The summed E-state index contributed by atoms with van der Waals surface area (Å²) in [5, 5.41) is 8.17. The van der Waals surface area contributed by atoms with Gasteiger partial charge in [-0.1, -0.05) is 30.7 Å². The number of nitrogen functional groups attached to an aromatic ring is 1. The van der Waals surface area contributed by atoms with Crippen molar-refractivity contribution in [3.8, 4) is 5.69 Å². The van der Waals surface area contributed by atoms with Crippen molar-refractivity contribution in [2.24, 2.45) is 0 Å². The predicted molar refractivity (Wildman–Crippen MR) is 71.7 cm³/mol. The zero-order valence-corrected chi connectivity index (χ0v) is 10.6. The maximum atomic E-state index is 5.90. The van der Waals surface area contributed by atoms with Gasteiger partial charge in [-0.15, -0.1) is 5.10 Å². The van der Waals surface area contributed by atoms with Gasteiger partial charge < -0.3 is 5.73 Å². The zero-order valence-electron chi connectivity index (χ0n) is 10.6. The molecule has 0 spiro atoms. The van der Waals surface area contributed by atoms with E-state index < -0.39 is 0 Å². The van der Waals surface area contributed by atoms with E-state index >= 15 is 0 Å². The fourth-order valence-electron chi connectivity index (χ4n) is 2.32. The van der Waals surface area contributed by atoms with Crippen molar-refractivity contribution in [1.29, 1.82) is 0 Å². The van der Waals surface area contributed by atoms with Crippen molar-refractivity contribution in [3.05, 3.63) is 35.5 Å². The Morgan fingerprint density at radius 2 is 2.00 bits per heavy atom. The van der Waals surface area contributed by atoms with Crippen LogP contribution in [0.25, 0.3) is 5.69 Å². The Balaban J connectivity index is 1.94. The third-order valence-corrected chi connectivity index (χ3v) is 3.42. The van der Waals surface area contributed by atoms with Crippen molar-refractivity contribution >= 4 is 5.82 Å². The van der Waals surface area contributed by atoms with Crippen molar-refractivity contribution in [2.45, 2.75) is 38.5 Å². The Morgan fingerprint density at radius 3 is 2.61 bits per heavy atom. The van der Waals surface area contributed by atoms with Crippen molar-refractivity contribution < 1.29 is 0 Å². The maximum absolute atomic E-state index is 5.90. The van der Waals surface area contributed by atoms with E-state index in [1.54, 1.807) is 0 Å². The molecule has 1 heterocycles. The molecule has 1 aliphatic carbocycles. The molecule has 0 radical (unpaired) electrons. The van der Waals surface area contributed by atoms with Crippen molar-refractivity contribution in [3.63, 3.8) is 0 Å². The third kappa shape index (κ3) is 1.98. The minimum atomic E-state index is 0.551. The van der Waals surface area contributed by atoms with E-state index in [4.69, 9.17) is 5.73 Å². The third-order valence-electron chi connectivity index (χ3n) is 3.42. The molecule has 94 valence electrons. The van der Waals surface area contributed by atoms with Crippen LogP contribution in [0.15, 0.2) is 24.3 Å². The highest BCUT2D eigenvalue weighted by Gasteiger charge is 2.30. The van der Waals surface area contributed by atoms with E-state index in [9.17, 15) is 0 Å². The van der Waals surface area contributed by atoms with Crippen LogP contribution in [0.3, 0.4) is 0 Å². The molecule has 3 rings (SSSR count). The first kappa shape index (κ1) is 11.3. The summed E-state index contributed by atoms with van der Waals surface area (Å²) in [6.07, 6.45) is 4.69. The second kappa shape index (κ2) is 4.44. The predicted octanol–water partition coefficient (Wildman–Crippen LogP) is 2.68. The van der Waals surface area contributed by atoms with Gasteiger partial charge in [0.25, 0.3) is 0 Å². The zero-order chi connectivity index (χ0) is 12.5. The lowest BCUT2D eigenvalue weighted by atomic mass is 10.1. The van der Waals surface area contributed by atoms with Gasteiger partial charge in [-0.3, -0.25) is 0 Å². The van der Waals surface area contributed by atoms with Crippen LogP contribution >= 0.6 is 0 Å². The Morgan fingerprint density at radius 1 is 1.28 bits per heavy atom. The van der Waals surface area contributed by atoms with Gasteiger partial charge >= 0.3 is 0 Å². The molecule has 18 heavy (non-hydrogen) atoms. The Labute approximate surface area is 107 Å². The highest BCUT2D eigenvalue weighted by molar-refractivity contribution is 5.45. The number of aryl methyl sites for hydroxylation is 1. The fraction of sp³-hybridized carbons (Fsp3) is 0.429. The maximum Gasteiger partial charge on any atom is 0.169 e. The summed E-state index contributed by atoms with van der Waals surface area (Å²) < 4.78 is 1.89. The molecule has 1 aromatic carbocycles. The summed E-state index contributed by atoms with van der Waals surface area (Å²) in [7, 11) is 0. The summed E-state index contributed by atoms with van der Waals surface area (Å²) in [6.45, 7) is 2.19. The highest BCUT2D eigenvalue weighted by atomic mass is 15.4. The molecule has 0 amide bonds. The first-order valence-corrected chi connectivity index (χ1v) is 6.60. The molecule has 1 aliphatic rings. The molecule has 2 aromatic rings. The summed E-state index contributed by atoms with van der Waals surface area (Å²) in [4.78, 5) is 0. The van der Waals surface area contributed by atoms with Crippen molar-refractivity contribution in [1.82, 2.24) is 15.0 Å². The average Bonchev–Trinajstić information content (AvgIpc) is 3.14. The van der Waals surface area contributed by atoms with Gasteiger partial charge in [0, 0.05) is 5.92 Å². The summed E-state index contributed by atoms with van der Waals surface area (Å²) >= 11 is 0. The molecule has 1 aromatic heterocycles. The van der Waals surface area contributed by atoms with Crippen LogP contribution in [0.1, 0.15) is 43.4 Å². The largest absolute Gasteiger partial charge is 0.381 e. The average molecular weight is 242 g/mol. The topological polar surface area (TPSA) is 56.7 Å². The highest BCUT2D eigenvalue weighted by Crippen LogP contribution is 2.42. The number of hydrogen-bond donors (Lipinski definition) is 1. The van der Waals surface area contributed by atoms with Crippen LogP contribution in [0.2, 0.25) is 0 Å². The van der Waals surface area contributed by atoms with Gasteiger partial charge in [0.1, 0.15) is 0 Å². The van der Waals surface area contributed by atoms with Crippen molar-refractivity contribution in [2.75, 3.05) is 5.73 Å². The number of rotatable bonds is 4. The molecular weight excluding hydrogens is 224 g/mol. The number of benzene rings is 1. The summed E-state index contributed by atoms with van der Waals surface area (Å²) in [5.74, 6) is 1.13. The second-order valence-corrected chi connectivity index (χ2v) is 4.96. The van der Waals surface area contributed by atoms with Gasteiger partial charge in [0.2, 0.25) is 0 Å². The van der Waals surface area contributed by atoms with Gasteiger partial charge in [-0.2, -0.15) is 0 Å². The lowest BCUT2D eigenvalue weighted by Crippen LogP contribution is -2.02. The minimum absolute atomic E-state index is 0.551. The molecule has 0 bridgehead atoms. The first-order chi connectivity index (χ1) is 8.79. The quantitative estimate of drug-likeness (QED) is 0.896. The number of aromatic nitrogens is 3. The molecule has 1 saturated carbocycles. The Kier molecular flexibility index (Phi) is 2.78. The smallest absolute Gasteiger partial charge is 0.169 e. The van der Waals surface area contributed by atoms with E-state index in [1.807, 2.05) is 4.68 Å². The van der Waals surface area contributed by atoms with Gasteiger partial charge in [0.05, 0.1) is 11.4 Å². The lowest BCUT2D eigenvalue weighted by molar-refractivity contribution is 0.763. The van der Waals surface area contributed by atoms with E-state index in [2.05, 4.69) is 41.5 Å². The van der Waals surface area contributed by atoms with Gasteiger partial charge in [-0.25, -0.2) is 4.68 Å². The number of nitrogens with two attached hydrogens (primary N) is 1. The molecule has 0 atom stereocenters. The molecule has 0 unspecified atom stereocenters. The molecule has 0 aliphatic heterocycles. The minimum Gasteiger partial charge on any atom is -0.381 e. The molecule has 4 heteroatoms. The van der Waals surface area contributed by atoms with Crippen LogP contribution in [0.4, 0.5) is 5.82 Å². The second-order valence-electron chi connectivity index (χ2n) is 4.96. The van der Waals surface area contributed by atoms with Crippen LogP contribution in [-0.4, -0.2) is 15.0 Å². The first-order valence-electron chi connectivity index (χ1n) is 6.60. The monoisotopic (exact) mass is 242 g/mol. The van der Waals surface area contributed by atoms with E-state index in [-0.39, 0.29) is 0 Å². The number of hydrogen-bond acceptors (Lipinski definition) is 3. The molecule has 0 saturated heterocycles.